The monoisotopic (exact) mass is 249 g/mol. The number of nitrogens with two attached hydrogens (primary N) is 1. The number of nitrogen functional groups attached to an aromatic ring is 1. The summed E-state index contributed by atoms with van der Waals surface area (Å²) in [5, 5.41) is 3.47. The first-order valence-corrected chi connectivity index (χ1v) is 6.42. The molecule has 4 heteroatoms. The molecule has 1 aliphatic rings. The Balaban J connectivity index is 2.05. The Morgan fingerprint density at radius 2 is 2.11 bits per heavy atom. The molecule has 2 rings (SSSR count). The topological polar surface area (TPSA) is 50.5 Å². The summed E-state index contributed by atoms with van der Waals surface area (Å²) < 4.78 is 5.22. The number of likely N-dealkylation sites (N-methyl/N-ethyl adjacent to an activating group) is 1. The van der Waals surface area contributed by atoms with Crippen LogP contribution in [0.5, 0.6) is 5.75 Å². The fourth-order valence-corrected chi connectivity index (χ4v) is 2.44. The number of rotatable bonds is 5. The number of hydrogen-bond acceptors (Lipinski definition) is 4. The van der Waals surface area contributed by atoms with Crippen LogP contribution in [0.2, 0.25) is 0 Å². The summed E-state index contributed by atoms with van der Waals surface area (Å²) in [6.07, 6.45) is 3.81. The van der Waals surface area contributed by atoms with Crippen LogP contribution < -0.4 is 15.8 Å². The third kappa shape index (κ3) is 2.38. The van der Waals surface area contributed by atoms with Gasteiger partial charge in [0.25, 0.3) is 0 Å². The zero-order chi connectivity index (χ0) is 13.2. The molecule has 0 aliphatic heterocycles. The molecule has 0 saturated heterocycles. The maximum atomic E-state index is 5.98. The van der Waals surface area contributed by atoms with E-state index in [0.29, 0.717) is 0 Å². The second-order valence-corrected chi connectivity index (χ2v) is 5.28. The molecule has 1 saturated carbocycles. The lowest BCUT2D eigenvalue weighted by atomic mass is 9.75. The fraction of sp³-hybridized carbons (Fsp3) is 0.571. The average Bonchev–Trinajstić information content (AvgIpc) is 2.29. The van der Waals surface area contributed by atoms with E-state index in [1.807, 2.05) is 18.2 Å². The molecule has 0 amide bonds. The summed E-state index contributed by atoms with van der Waals surface area (Å²) in [6.45, 7) is 0.928. The lowest BCUT2D eigenvalue weighted by Crippen LogP contribution is -2.54. The quantitative estimate of drug-likeness (QED) is 0.785. The predicted molar refractivity (Wildman–Crippen MR) is 76.2 cm³/mol. The van der Waals surface area contributed by atoms with Crippen LogP contribution in [0, 0.1) is 0 Å². The lowest BCUT2D eigenvalue weighted by Gasteiger charge is -2.47. The zero-order valence-electron chi connectivity index (χ0n) is 11.5. The molecule has 18 heavy (non-hydrogen) atoms. The lowest BCUT2D eigenvalue weighted by molar-refractivity contribution is 0.0739. The van der Waals surface area contributed by atoms with E-state index in [9.17, 15) is 0 Å². The molecule has 100 valence electrons. The van der Waals surface area contributed by atoms with Crippen molar-refractivity contribution in [1.82, 2.24) is 4.90 Å². The van der Waals surface area contributed by atoms with E-state index >= 15 is 0 Å². The maximum Gasteiger partial charge on any atom is 0.121 e. The second kappa shape index (κ2) is 5.06. The van der Waals surface area contributed by atoms with Crippen molar-refractivity contribution in [2.24, 2.45) is 0 Å². The van der Waals surface area contributed by atoms with Crippen LogP contribution in [0.3, 0.4) is 0 Å². The van der Waals surface area contributed by atoms with Gasteiger partial charge in [-0.25, -0.2) is 0 Å². The molecule has 1 aliphatic carbocycles. The molecule has 3 N–H and O–H groups in total. The molecule has 4 nitrogen and oxygen atoms in total. The van der Waals surface area contributed by atoms with Gasteiger partial charge in [0.2, 0.25) is 0 Å². The van der Waals surface area contributed by atoms with Gasteiger partial charge in [-0.3, -0.25) is 0 Å². The van der Waals surface area contributed by atoms with Crippen molar-refractivity contribution >= 4 is 11.4 Å². The highest BCUT2D eigenvalue weighted by molar-refractivity contribution is 5.68. The van der Waals surface area contributed by atoms with Crippen LogP contribution in [-0.4, -0.2) is 38.2 Å². The summed E-state index contributed by atoms with van der Waals surface area (Å²) in [6, 6.07) is 5.72. The summed E-state index contributed by atoms with van der Waals surface area (Å²) in [5.41, 5.74) is 7.99. The van der Waals surface area contributed by atoms with Gasteiger partial charge in [-0.2, -0.15) is 0 Å². The minimum Gasteiger partial charge on any atom is -0.497 e. The van der Waals surface area contributed by atoms with E-state index in [1.54, 1.807) is 7.11 Å². The van der Waals surface area contributed by atoms with Crippen molar-refractivity contribution < 1.29 is 4.74 Å². The number of ether oxygens (including phenoxy) is 1. The van der Waals surface area contributed by atoms with E-state index in [2.05, 4.69) is 24.3 Å². The molecular weight excluding hydrogens is 226 g/mol. The summed E-state index contributed by atoms with van der Waals surface area (Å²) in [7, 11) is 5.97. The van der Waals surface area contributed by atoms with Gasteiger partial charge in [0.1, 0.15) is 5.75 Å². The zero-order valence-corrected chi connectivity index (χ0v) is 11.5. The van der Waals surface area contributed by atoms with Gasteiger partial charge in [-0.05, 0) is 45.5 Å². The van der Waals surface area contributed by atoms with E-state index in [4.69, 9.17) is 10.5 Å². The first-order chi connectivity index (χ1) is 8.57. The minimum absolute atomic E-state index is 0.287. The molecule has 0 radical (unpaired) electrons. The Kier molecular flexibility index (Phi) is 3.66. The standard InChI is InChI=1S/C14H23N3O/c1-17(2)14(7-4-8-14)10-16-13-9-11(18-3)5-6-12(13)15/h5-6,9,16H,4,7-8,10,15H2,1-3H3. The summed E-state index contributed by atoms with van der Waals surface area (Å²) in [4.78, 5) is 2.32. The molecule has 0 spiro atoms. The fourth-order valence-electron chi connectivity index (χ4n) is 2.44. The highest BCUT2D eigenvalue weighted by Crippen LogP contribution is 2.37. The second-order valence-electron chi connectivity index (χ2n) is 5.28. The highest BCUT2D eigenvalue weighted by atomic mass is 16.5. The molecule has 0 bridgehead atoms. The van der Waals surface area contributed by atoms with E-state index in [-0.39, 0.29) is 5.54 Å². The largest absolute Gasteiger partial charge is 0.497 e. The van der Waals surface area contributed by atoms with Gasteiger partial charge in [-0.1, -0.05) is 0 Å². The van der Waals surface area contributed by atoms with Gasteiger partial charge in [0, 0.05) is 18.2 Å². The first-order valence-electron chi connectivity index (χ1n) is 6.42. The van der Waals surface area contributed by atoms with Crippen LogP contribution >= 0.6 is 0 Å². The molecule has 0 unspecified atom stereocenters. The Labute approximate surface area is 109 Å². The molecular formula is C14H23N3O. The molecule has 1 aromatic rings. The van der Waals surface area contributed by atoms with Crippen molar-refractivity contribution in [2.75, 3.05) is 38.8 Å². The molecule has 0 aromatic heterocycles. The van der Waals surface area contributed by atoms with Crippen molar-refractivity contribution in [1.29, 1.82) is 0 Å². The number of benzene rings is 1. The molecule has 0 heterocycles. The van der Waals surface area contributed by atoms with Crippen molar-refractivity contribution in [2.45, 2.75) is 24.8 Å². The SMILES string of the molecule is COc1ccc(N)c(NCC2(N(C)C)CCC2)c1. The van der Waals surface area contributed by atoms with E-state index in [1.165, 1.54) is 19.3 Å². The third-order valence-corrected chi connectivity index (χ3v) is 4.10. The van der Waals surface area contributed by atoms with Crippen molar-refractivity contribution in [3.8, 4) is 5.75 Å². The Hall–Kier alpha value is -1.42. The predicted octanol–water partition coefficient (Wildman–Crippen LogP) is 2.17. The highest BCUT2D eigenvalue weighted by Gasteiger charge is 2.38. The minimum atomic E-state index is 0.287. The van der Waals surface area contributed by atoms with Crippen LogP contribution in [0.1, 0.15) is 19.3 Å². The Morgan fingerprint density at radius 1 is 1.39 bits per heavy atom. The van der Waals surface area contributed by atoms with Crippen LogP contribution in [0.4, 0.5) is 11.4 Å². The molecule has 1 fully saturated rings. The van der Waals surface area contributed by atoms with Gasteiger partial charge < -0.3 is 20.7 Å². The third-order valence-electron chi connectivity index (χ3n) is 4.10. The number of anilines is 2. The Morgan fingerprint density at radius 3 is 2.61 bits per heavy atom. The number of methoxy groups -OCH3 is 1. The van der Waals surface area contributed by atoms with Crippen molar-refractivity contribution in [3.63, 3.8) is 0 Å². The number of hydrogen-bond donors (Lipinski definition) is 2. The maximum absolute atomic E-state index is 5.98. The van der Waals surface area contributed by atoms with Gasteiger partial charge in [0.15, 0.2) is 0 Å². The average molecular weight is 249 g/mol. The van der Waals surface area contributed by atoms with Crippen LogP contribution in [0.25, 0.3) is 0 Å². The first kappa shape index (κ1) is 13.0. The van der Waals surface area contributed by atoms with Gasteiger partial charge in [-0.15, -0.1) is 0 Å². The molecule has 1 aromatic carbocycles. The summed E-state index contributed by atoms with van der Waals surface area (Å²) >= 11 is 0. The van der Waals surface area contributed by atoms with E-state index in [0.717, 1.165) is 23.7 Å². The number of nitrogens with one attached hydrogen (secondary N) is 1. The Bertz CT molecular complexity index is 414. The van der Waals surface area contributed by atoms with Gasteiger partial charge >= 0.3 is 0 Å². The van der Waals surface area contributed by atoms with Crippen molar-refractivity contribution in [3.05, 3.63) is 18.2 Å². The van der Waals surface area contributed by atoms with E-state index < -0.39 is 0 Å². The molecule has 0 atom stereocenters. The van der Waals surface area contributed by atoms with Gasteiger partial charge in [0.05, 0.1) is 18.5 Å². The van der Waals surface area contributed by atoms with Crippen LogP contribution in [0.15, 0.2) is 18.2 Å². The van der Waals surface area contributed by atoms with Crippen LogP contribution in [-0.2, 0) is 0 Å². The summed E-state index contributed by atoms with van der Waals surface area (Å²) in [5.74, 6) is 0.833. The number of nitrogens with zero attached hydrogens (tertiary/aromatic N) is 1. The normalized spacial score (nSPS) is 17.3. The smallest absolute Gasteiger partial charge is 0.121 e.